The second-order valence-corrected chi connectivity index (χ2v) is 6.99. The Morgan fingerprint density at radius 1 is 0.590 bits per heavy atom. The van der Waals surface area contributed by atoms with Gasteiger partial charge in [0.1, 0.15) is 0 Å². The van der Waals surface area contributed by atoms with Crippen LogP contribution in [0.5, 0.6) is 0 Å². The largest absolute Gasteiger partial charge is 0.700 e. The van der Waals surface area contributed by atoms with Crippen LogP contribution in [0.1, 0.15) is 18.2 Å². The molecule has 39 heavy (non-hydrogen) atoms. The molecule has 1 aromatic rings. The lowest BCUT2D eigenvalue weighted by atomic mass is 9.91. The summed E-state index contributed by atoms with van der Waals surface area (Å²) in [5, 5.41) is 36.4. The molecule has 0 aliphatic heterocycles. The standard InChI is InChI=1S/C12H4F15N5O7/c13-6(14,4-29-28-3(39-4)1-2-5(30(33)34,31(35)36)32(37)38)7(15,16)8(17,18)9(19,20)10(21,22)11(23,24)12(25,26)27/h1-2H2. The number of alkyl halides is 15. The van der Waals surface area contributed by atoms with Gasteiger partial charge in [-0.2, -0.15) is 65.9 Å². The van der Waals surface area contributed by atoms with Crippen molar-refractivity contribution in [2.75, 3.05) is 0 Å². The first kappa shape index (κ1) is 33.3. The quantitative estimate of drug-likeness (QED) is 0.144. The van der Waals surface area contributed by atoms with Crippen molar-refractivity contribution >= 4 is 0 Å². The highest BCUT2D eigenvalue weighted by molar-refractivity contribution is 5.15. The second-order valence-electron chi connectivity index (χ2n) is 6.99. The highest BCUT2D eigenvalue weighted by Gasteiger charge is 2.94. The first-order chi connectivity index (χ1) is 17.0. The number of nitrogens with zero attached hydrogens (tertiary/aromatic N) is 5. The normalized spacial score (nSPS) is 14.8. The van der Waals surface area contributed by atoms with Gasteiger partial charge in [0.2, 0.25) is 5.89 Å². The van der Waals surface area contributed by atoms with Gasteiger partial charge in [-0.1, -0.05) is 0 Å². The van der Waals surface area contributed by atoms with E-state index in [9.17, 15) is 96.2 Å². The molecule has 0 aromatic carbocycles. The SMILES string of the molecule is O=[N+]([O-])C(CCc1nnc(C(F)(F)C(F)(F)C(F)(F)C(F)(F)C(F)(F)C(F)(F)C(F)(F)F)o1)([N+](=O)[O-])[N+](=O)[O-]. The van der Waals surface area contributed by atoms with Crippen molar-refractivity contribution in [2.24, 2.45) is 0 Å². The first-order valence-corrected chi connectivity index (χ1v) is 8.61. The zero-order valence-corrected chi connectivity index (χ0v) is 17.2. The van der Waals surface area contributed by atoms with Crippen molar-refractivity contribution in [3.63, 3.8) is 0 Å². The van der Waals surface area contributed by atoms with Gasteiger partial charge in [-0.15, -0.1) is 10.2 Å². The van der Waals surface area contributed by atoms with E-state index < -0.39 is 86.9 Å². The van der Waals surface area contributed by atoms with Crippen LogP contribution < -0.4 is 0 Å². The number of hydrogen-bond acceptors (Lipinski definition) is 9. The number of halogens is 15. The Balaban J connectivity index is 3.52. The van der Waals surface area contributed by atoms with Gasteiger partial charge < -0.3 is 4.42 Å². The summed E-state index contributed by atoms with van der Waals surface area (Å²) in [5.41, 5.74) is 0. The summed E-state index contributed by atoms with van der Waals surface area (Å²) in [5.74, 6) is -58.5. The molecule has 1 heterocycles. The Kier molecular flexibility index (Phi) is 7.85. The molecule has 12 nitrogen and oxygen atoms in total. The Bertz CT molecular complexity index is 1100. The van der Waals surface area contributed by atoms with Crippen molar-refractivity contribution in [2.45, 2.75) is 60.3 Å². The summed E-state index contributed by atoms with van der Waals surface area (Å²) in [7, 11) is 0. The predicted octanol–water partition coefficient (Wildman–Crippen LogP) is 4.32. The Morgan fingerprint density at radius 3 is 1.31 bits per heavy atom. The van der Waals surface area contributed by atoms with Gasteiger partial charge in [0.25, 0.3) is 5.89 Å². The van der Waals surface area contributed by atoms with Crippen LogP contribution in [-0.2, 0) is 12.3 Å². The van der Waals surface area contributed by atoms with E-state index in [0.717, 1.165) is 0 Å². The van der Waals surface area contributed by atoms with E-state index in [0.29, 0.717) is 0 Å². The summed E-state index contributed by atoms with van der Waals surface area (Å²) >= 11 is 0. The molecule has 1 rings (SSSR count). The smallest absolute Gasteiger partial charge is 0.419 e. The molecule has 27 heteroatoms. The maximum absolute atomic E-state index is 14.0. The van der Waals surface area contributed by atoms with Crippen molar-refractivity contribution in [1.82, 2.24) is 10.2 Å². The van der Waals surface area contributed by atoms with Gasteiger partial charge in [0, 0.05) is 6.42 Å². The van der Waals surface area contributed by atoms with Crippen LogP contribution in [-0.4, -0.2) is 66.5 Å². The summed E-state index contributed by atoms with van der Waals surface area (Å²) in [6, 6.07) is 0. The fraction of sp³-hybridized carbons (Fsp3) is 0.833. The van der Waals surface area contributed by atoms with E-state index in [2.05, 4.69) is 9.52 Å². The summed E-state index contributed by atoms with van der Waals surface area (Å²) in [6.07, 6.45) is -11.6. The highest BCUT2D eigenvalue weighted by Crippen LogP contribution is 2.63. The Hall–Kier alpha value is -3.71. The molecular weight excluding hydrogens is 611 g/mol. The van der Waals surface area contributed by atoms with Gasteiger partial charge in [-0.25, -0.2) is 0 Å². The zero-order chi connectivity index (χ0) is 31.4. The fourth-order valence-corrected chi connectivity index (χ4v) is 2.33. The number of hydrogen-bond donors (Lipinski definition) is 0. The third kappa shape index (κ3) is 4.48. The van der Waals surface area contributed by atoms with Gasteiger partial charge in [-0.3, -0.25) is 30.3 Å². The average Bonchev–Trinajstić information content (AvgIpc) is 3.21. The number of aromatic nitrogens is 2. The van der Waals surface area contributed by atoms with Crippen molar-refractivity contribution < 1.29 is 85.0 Å². The molecule has 0 aliphatic carbocycles. The Morgan fingerprint density at radius 2 is 0.949 bits per heavy atom. The van der Waals surface area contributed by atoms with E-state index in [1.54, 1.807) is 0 Å². The van der Waals surface area contributed by atoms with Crippen molar-refractivity contribution in [3.8, 4) is 0 Å². The van der Waals surface area contributed by atoms with E-state index in [1.165, 1.54) is 0 Å². The highest BCUT2D eigenvalue weighted by atomic mass is 19.4. The molecule has 0 atom stereocenters. The van der Waals surface area contributed by atoms with Gasteiger partial charge in [0.05, 0.1) is 0 Å². The molecule has 0 aliphatic rings. The van der Waals surface area contributed by atoms with Crippen LogP contribution in [0.4, 0.5) is 65.9 Å². The van der Waals surface area contributed by atoms with Crippen LogP contribution in [0.2, 0.25) is 0 Å². The minimum atomic E-state index is -8.60. The predicted molar refractivity (Wildman–Crippen MR) is 81.0 cm³/mol. The van der Waals surface area contributed by atoms with E-state index in [1.807, 2.05) is 5.10 Å². The maximum atomic E-state index is 14.0. The molecule has 0 bridgehead atoms. The molecule has 1 aromatic heterocycles. The van der Waals surface area contributed by atoms with Crippen molar-refractivity contribution in [3.05, 3.63) is 42.1 Å². The lowest BCUT2D eigenvalue weighted by molar-refractivity contribution is -0.970. The number of nitro groups is 3. The van der Waals surface area contributed by atoms with Crippen LogP contribution >= 0.6 is 0 Å². The molecule has 0 saturated heterocycles. The summed E-state index contributed by atoms with van der Waals surface area (Å²) in [4.78, 5) is 25.7. The minimum Gasteiger partial charge on any atom is -0.419 e. The lowest BCUT2D eigenvalue weighted by Crippen LogP contribution is -2.72. The molecule has 0 fully saturated rings. The van der Waals surface area contributed by atoms with E-state index in [4.69, 9.17) is 0 Å². The molecule has 0 saturated carbocycles. The molecule has 0 spiro atoms. The fourth-order valence-electron chi connectivity index (χ4n) is 2.33. The third-order valence-corrected chi connectivity index (χ3v) is 4.61. The molecule has 224 valence electrons. The third-order valence-electron chi connectivity index (χ3n) is 4.61. The number of rotatable bonds is 12. The molecule has 0 amide bonds. The number of aryl methyl sites for hydroxylation is 1. The van der Waals surface area contributed by atoms with Crippen LogP contribution in [0.25, 0.3) is 0 Å². The summed E-state index contributed by atoms with van der Waals surface area (Å²) in [6.45, 7) is 0. The average molecular weight is 615 g/mol. The maximum Gasteiger partial charge on any atom is 0.700 e. The first-order valence-electron chi connectivity index (χ1n) is 8.61. The van der Waals surface area contributed by atoms with Crippen LogP contribution in [0, 0.1) is 30.3 Å². The minimum absolute atomic E-state index is 1.75. The summed E-state index contributed by atoms with van der Waals surface area (Å²) < 4.78 is 202. The topological polar surface area (TPSA) is 168 Å². The van der Waals surface area contributed by atoms with Gasteiger partial charge in [-0.05, 0) is 0 Å². The molecule has 0 radical (unpaired) electrons. The van der Waals surface area contributed by atoms with Gasteiger partial charge >= 0.3 is 47.5 Å². The Labute approximate surface area is 199 Å². The molecular formula is C12H4F15N5O7. The van der Waals surface area contributed by atoms with E-state index in [-0.39, 0.29) is 0 Å². The zero-order valence-electron chi connectivity index (χ0n) is 17.2. The van der Waals surface area contributed by atoms with E-state index >= 15 is 0 Å². The monoisotopic (exact) mass is 615 g/mol. The molecule has 0 unspecified atom stereocenters. The van der Waals surface area contributed by atoms with Crippen molar-refractivity contribution in [1.29, 1.82) is 0 Å². The molecule has 0 N–H and O–H groups in total. The lowest BCUT2D eigenvalue weighted by Gasteiger charge is -2.40. The van der Waals surface area contributed by atoms with Gasteiger partial charge in [0.15, 0.2) is 21.2 Å². The van der Waals surface area contributed by atoms with Crippen LogP contribution in [0.3, 0.4) is 0 Å². The second kappa shape index (κ2) is 9.19. The van der Waals surface area contributed by atoms with Crippen LogP contribution in [0.15, 0.2) is 4.42 Å².